The molecule has 0 heterocycles. The summed E-state index contributed by atoms with van der Waals surface area (Å²) in [5, 5.41) is 31.3. The Labute approximate surface area is 143 Å². The summed E-state index contributed by atoms with van der Waals surface area (Å²) in [5.74, 6) is -1.61. The molecule has 2 aliphatic carbocycles. The molecular formula is C19H28O5. The van der Waals surface area contributed by atoms with Crippen molar-refractivity contribution in [2.45, 2.75) is 70.7 Å². The van der Waals surface area contributed by atoms with E-state index in [0.717, 1.165) is 5.57 Å². The first-order valence-corrected chi connectivity index (χ1v) is 8.50. The summed E-state index contributed by atoms with van der Waals surface area (Å²) in [6, 6.07) is 0. The molecule has 1 fully saturated rings. The Balaban J connectivity index is 2.51. The monoisotopic (exact) mass is 336 g/mol. The van der Waals surface area contributed by atoms with Crippen LogP contribution in [0.25, 0.3) is 0 Å². The van der Waals surface area contributed by atoms with E-state index < -0.39 is 34.8 Å². The Bertz CT molecular complexity index is 589. The highest BCUT2D eigenvalue weighted by molar-refractivity contribution is 6.13. The van der Waals surface area contributed by atoms with Crippen LogP contribution in [0.1, 0.15) is 52.9 Å². The first kappa shape index (κ1) is 19.0. The van der Waals surface area contributed by atoms with Crippen molar-refractivity contribution in [1.29, 1.82) is 0 Å². The number of ketones is 2. The predicted molar refractivity (Wildman–Crippen MR) is 90.2 cm³/mol. The van der Waals surface area contributed by atoms with Gasteiger partial charge in [-0.05, 0) is 38.5 Å². The van der Waals surface area contributed by atoms with E-state index in [2.05, 4.69) is 6.58 Å². The van der Waals surface area contributed by atoms with Crippen molar-refractivity contribution in [3.63, 3.8) is 0 Å². The van der Waals surface area contributed by atoms with Gasteiger partial charge in [-0.3, -0.25) is 9.59 Å². The summed E-state index contributed by atoms with van der Waals surface area (Å²) in [4.78, 5) is 25.3. The van der Waals surface area contributed by atoms with Crippen LogP contribution in [0.5, 0.6) is 0 Å². The second-order valence-corrected chi connectivity index (χ2v) is 7.92. The molecule has 0 aliphatic heterocycles. The van der Waals surface area contributed by atoms with Gasteiger partial charge in [-0.25, -0.2) is 0 Å². The highest BCUT2D eigenvalue weighted by Crippen LogP contribution is 2.49. The number of fused-ring (bicyclic) bond motifs is 2. The SMILES string of the molecule is C=C1CC[C@@H]2C[C@@H](O)C(=O)[C@](O)(C(=O)C/C(C)=C/[C@@H](O)C1)C2(C)C. The van der Waals surface area contributed by atoms with Gasteiger partial charge in [0.2, 0.25) is 5.78 Å². The van der Waals surface area contributed by atoms with E-state index in [4.69, 9.17) is 0 Å². The lowest BCUT2D eigenvalue weighted by atomic mass is 9.55. The van der Waals surface area contributed by atoms with Crippen molar-refractivity contribution in [3.8, 4) is 0 Å². The fourth-order valence-corrected chi connectivity index (χ4v) is 4.10. The van der Waals surface area contributed by atoms with Crippen LogP contribution >= 0.6 is 0 Å². The molecule has 5 heteroatoms. The third-order valence-corrected chi connectivity index (χ3v) is 5.78. The van der Waals surface area contributed by atoms with Gasteiger partial charge in [0.15, 0.2) is 11.4 Å². The number of hydrogen-bond acceptors (Lipinski definition) is 5. The van der Waals surface area contributed by atoms with Crippen molar-refractivity contribution >= 4 is 11.6 Å². The molecule has 5 nitrogen and oxygen atoms in total. The van der Waals surface area contributed by atoms with E-state index in [9.17, 15) is 24.9 Å². The van der Waals surface area contributed by atoms with Crippen LogP contribution in [-0.2, 0) is 9.59 Å². The van der Waals surface area contributed by atoms with Crippen LogP contribution in [-0.4, -0.2) is 44.7 Å². The number of aliphatic hydroxyl groups is 3. The minimum absolute atomic E-state index is 0.130. The summed E-state index contributed by atoms with van der Waals surface area (Å²) in [6.45, 7) is 9.12. The lowest BCUT2D eigenvalue weighted by Crippen LogP contribution is -2.66. The number of aliphatic hydroxyl groups excluding tert-OH is 2. The van der Waals surface area contributed by atoms with E-state index >= 15 is 0 Å². The van der Waals surface area contributed by atoms with Crippen molar-refractivity contribution < 1.29 is 24.9 Å². The molecule has 2 rings (SSSR count). The molecule has 0 aromatic rings. The molecule has 0 spiro atoms. The summed E-state index contributed by atoms with van der Waals surface area (Å²) < 4.78 is 0. The summed E-state index contributed by atoms with van der Waals surface area (Å²) in [6.07, 6.45) is 1.24. The first-order valence-electron chi connectivity index (χ1n) is 8.50. The summed E-state index contributed by atoms with van der Waals surface area (Å²) in [7, 11) is 0. The second kappa shape index (κ2) is 6.54. The minimum Gasteiger partial charge on any atom is -0.389 e. The van der Waals surface area contributed by atoms with Crippen molar-refractivity contribution in [1.82, 2.24) is 0 Å². The highest BCUT2D eigenvalue weighted by Gasteiger charge is 2.62. The molecule has 0 saturated heterocycles. The Morgan fingerprint density at radius 3 is 2.50 bits per heavy atom. The lowest BCUT2D eigenvalue weighted by Gasteiger charge is -2.50. The van der Waals surface area contributed by atoms with Gasteiger partial charge in [-0.2, -0.15) is 0 Å². The fourth-order valence-electron chi connectivity index (χ4n) is 4.10. The van der Waals surface area contributed by atoms with E-state index in [0.29, 0.717) is 24.8 Å². The molecular weight excluding hydrogens is 308 g/mol. The van der Waals surface area contributed by atoms with Crippen molar-refractivity contribution in [3.05, 3.63) is 23.8 Å². The number of hydrogen-bond donors (Lipinski definition) is 3. The van der Waals surface area contributed by atoms with Crippen LogP contribution in [0.4, 0.5) is 0 Å². The Morgan fingerprint density at radius 1 is 1.25 bits per heavy atom. The maximum Gasteiger partial charge on any atom is 0.200 e. The standard InChI is InChI=1S/C19H28O5/c1-11-5-6-13-10-15(21)17(23)19(24,18(13,3)4)16(22)9-12(2)8-14(20)7-11/h8,13-15,20-21,24H,1,5-7,9-10H2,2-4H3/b12-8+/t13-,14+,15-,19-/m1/s1. The fraction of sp³-hybridized carbons (Fsp3) is 0.684. The molecule has 2 bridgehead atoms. The number of allylic oxidation sites excluding steroid dienone is 1. The zero-order valence-electron chi connectivity index (χ0n) is 14.7. The number of carbonyl (C=O) groups excluding carboxylic acids is 2. The van der Waals surface area contributed by atoms with Gasteiger partial charge in [-0.15, -0.1) is 0 Å². The molecule has 1 saturated carbocycles. The molecule has 134 valence electrons. The molecule has 4 atom stereocenters. The second-order valence-electron chi connectivity index (χ2n) is 7.92. The Hall–Kier alpha value is -1.30. The Morgan fingerprint density at radius 2 is 1.88 bits per heavy atom. The summed E-state index contributed by atoms with van der Waals surface area (Å²) >= 11 is 0. The van der Waals surface area contributed by atoms with Crippen LogP contribution in [0, 0.1) is 11.3 Å². The largest absolute Gasteiger partial charge is 0.389 e. The van der Waals surface area contributed by atoms with Crippen LogP contribution in [0.3, 0.4) is 0 Å². The van der Waals surface area contributed by atoms with Gasteiger partial charge in [0.25, 0.3) is 0 Å². The van der Waals surface area contributed by atoms with Crippen molar-refractivity contribution in [2.24, 2.45) is 11.3 Å². The molecule has 0 unspecified atom stereocenters. The van der Waals surface area contributed by atoms with Crippen LogP contribution < -0.4 is 0 Å². The molecule has 3 N–H and O–H groups in total. The molecule has 0 aromatic heterocycles. The maximum absolute atomic E-state index is 12.8. The van der Waals surface area contributed by atoms with Gasteiger partial charge in [-0.1, -0.05) is 37.6 Å². The van der Waals surface area contributed by atoms with Gasteiger partial charge >= 0.3 is 0 Å². The Kier molecular flexibility index (Phi) is 5.19. The highest BCUT2D eigenvalue weighted by atomic mass is 16.3. The minimum atomic E-state index is -2.21. The quantitative estimate of drug-likeness (QED) is 0.462. The predicted octanol–water partition coefficient (Wildman–Crippen LogP) is 1.70. The topological polar surface area (TPSA) is 94.8 Å². The molecule has 2 aliphatic rings. The van der Waals surface area contributed by atoms with Gasteiger partial charge in [0.1, 0.15) is 6.10 Å². The van der Waals surface area contributed by atoms with Crippen LogP contribution in [0.2, 0.25) is 0 Å². The number of rotatable bonds is 0. The molecule has 24 heavy (non-hydrogen) atoms. The lowest BCUT2D eigenvalue weighted by molar-refractivity contribution is -0.185. The first-order chi connectivity index (χ1) is 11.0. The molecule has 0 aromatic carbocycles. The average molecular weight is 336 g/mol. The van der Waals surface area contributed by atoms with E-state index in [1.54, 1.807) is 26.8 Å². The van der Waals surface area contributed by atoms with Gasteiger partial charge < -0.3 is 15.3 Å². The third kappa shape index (κ3) is 3.13. The van der Waals surface area contributed by atoms with E-state index in [1.807, 2.05) is 0 Å². The van der Waals surface area contributed by atoms with Gasteiger partial charge in [0.05, 0.1) is 6.10 Å². The molecule has 0 amide bonds. The van der Waals surface area contributed by atoms with E-state index in [-0.39, 0.29) is 18.8 Å². The maximum atomic E-state index is 12.8. The number of Topliss-reactive ketones (excluding diaryl/α,β-unsaturated/α-hetero) is 2. The average Bonchev–Trinajstić information content (AvgIpc) is 2.46. The zero-order chi connectivity index (χ0) is 18.3. The van der Waals surface area contributed by atoms with Crippen molar-refractivity contribution in [2.75, 3.05) is 0 Å². The van der Waals surface area contributed by atoms with Crippen LogP contribution in [0.15, 0.2) is 23.8 Å². The zero-order valence-corrected chi connectivity index (χ0v) is 14.7. The smallest absolute Gasteiger partial charge is 0.200 e. The summed E-state index contributed by atoms with van der Waals surface area (Å²) in [5.41, 5.74) is -1.71. The van der Waals surface area contributed by atoms with Gasteiger partial charge in [0, 0.05) is 11.8 Å². The normalized spacial score (nSPS) is 40.3. The molecule has 0 radical (unpaired) electrons. The third-order valence-electron chi connectivity index (χ3n) is 5.78. The van der Waals surface area contributed by atoms with E-state index in [1.165, 1.54) is 0 Å². The number of carbonyl (C=O) groups is 2.